The van der Waals surface area contributed by atoms with Crippen molar-refractivity contribution >= 4 is 0 Å². The molecular weight excluding hydrogens is 266 g/mol. The van der Waals surface area contributed by atoms with Gasteiger partial charge in [0.2, 0.25) is 0 Å². The molecule has 1 aliphatic rings. The van der Waals surface area contributed by atoms with Crippen molar-refractivity contribution in [2.45, 2.75) is 25.9 Å². The van der Waals surface area contributed by atoms with E-state index in [0.717, 1.165) is 17.3 Å². The summed E-state index contributed by atoms with van der Waals surface area (Å²) in [6, 6.07) is 6.49. The fraction of sp³-hybridized carbons (Fsp3) is 0.438. The van der Waals surface area contributed by atoms with Gasteiger partial charge in [-0.1, -0.05) is 6.07 Å². The average Bonchev–Trinajstić information content (AvgIpc) is 2.93. The second-order valence-electron chi connectivity index (χ2n) is 5.41. The zero-order valence-electron chi connectivity index (χ0n) is 12.7. The zero-order valence-corrected chi connectivity index (χ0v) is 12.7. The molecule has 112 valence electrons. The van der Waals surface area contributed by atoms with Gasteiger partial charge in [0.05, 0.1) is 6.04 Å². The standard InChI is InChI=1S/C16H21N3O2/c1-11(18-12(2)16-17-6-7-19(16)3)13-4-5-14-15(10-13)21-9-8-20-14/h4-7,10-12,18H,8-9H2,1-3H3. The van der Waals surface area contributed by atoms with Crippen LogP contribution < -0.4 is 14.8 Å². The molecule has 0 amide bonds. The maximum Gasteiger partial charge on any atom is 0.161 e. The normalized spacial score (nSPS) is 16.5. The minimum absolute atomic E-state index is 0.174. The van der Waals surface area contributed by atoms with E-state index in [4.69, 9.17) is 9.47 Å². The van der Waals surface area contributed by atoms with E-state index in [9.17, 15) is 0 Å². The summed E-state index contributed by atoms with van der Waals surface area (Å²) >= 11 is 0. The highest BCUT2D eigenvalue weighted by Gasteiger charge is 2.17. The van der Waals surface area contributed by atoms with E-state index in [1.165, 1.54) is 5.56 Å². The van der Waals surface area contributed by atoms with E-state index >= 15 is 0 Å². The Hall–Kier alpha value is -2.01. The molecule has 1 aromatic heterocycles. The smallest absolute Gasteiger partial charge is 0.161 e. The Morgan fingerprint density at radius 3 is 2.62 bits per heavy atom. The number of rotatable bonds is 4. The number of hydrogen-bond acceptors (Lipinski definition) is 4. The van der Waals surface area contributed by atoms with E-state index in [-0.39, 0.29) is 12.1 Å². The van der Waals surface area contributed by atoms with Crippen molar-refractivity contribution in [3.63, 3.8) is 0 Å². The first kappa shape index (κ1) is 13.9. The number of imidazole rings is 1. The Morgan fingerprint density at radius 2 is 1.90 bits per heavy atom. The molecule has 0 saturated carbocycles. The van der Waals surface area contributed by atoms with E-state index in [1.54, 1.807) is 0 Å². The molecular formula is C16H21N3O2. The Labute approximate surface area is 124 Å². The van der Waals surface area contributed by atoms with Crippen LogP contribution in [0.2, 0.25) is 0 Å². The maximum atomic E-state index is 5.64. The third-order valence-corrected chi connectivity index (χ3v) is 3.81. The molecule has 2 aromatic rings. The first-order chi connectivity index (χ1) is 10.1. The topological polar surface area (TPSA) is 48.3 Å². The Kier molecular flexibility index (Phi) is 3.84. The number of benzene rings is 1. The average molecular weight is 287 g/mol. The predicted octanol–water partition coefficient (Wildman–Crippen LogP) is 2.60. The third-order valence-electron chi connectivity index (χ3n) is 3.81. The van der Waals surface area contributed by atoms with E-state index < -0.39 is 0 Å². The predicted molar refractivity (Wildman–Crippen MR) is 80.6 cm³/mol. The van der Waals surface area contributed by atoms with Crippen molar-refractivity contribution in [2.24, 2.45) is 7.05 Å². The van der Waals surface area contributed by atoms with Crippen LogP contribution in [0.15, 0.2) is 30.6 Å². The maximum absolute atomic E-state index is 5.64. The number of aromatic nitrogens is 2. The van der Waals surface area contributed by atoms with Crippen LogP contribution in [0.25, 0.3) is 0 Å². The molecule has 1 N–H and O–H groups in total. The van der Waals surface area contributed by atoms with Gasteiger partial charge in [-0.05, 0) is 31.5 Å². The number of nitrogens with one attached hydrogen (secondary N) is 1. The first-order valence-corrected chi connectivity index (χ1v) is 7.28. The van der Waals surface area contributed by atoms with Gasteiger partial charge in [0.15, 0.2) is 11.5 Å². The van der Waals surface area contributed by atoms with Crippen molar-refractivity contribution in [1.82, 2.24) is 14.9 Å². The summed E-state index contributed by atoms with van der Waals surface area (Å²) in [7, 11) is 2.01. The summed E-state index contributed by atoms with van der Waals surface area (Å²) in [5.41, 5.74) is 1.18. The molecule has 2 heterocycles. The Bertz CT molecular complexity index is 624. The van der Waals surface area contributed by atoms with Gasteiger partial charge in [-0.2, -0.15) is 0 Å². The van der Waals surface area contributed by atoms with Gasteiger partial charge < -0.3 is 19.4 Å². The molecule has 21 heavy (non-hydrogen) atoms. The van der Waals surface area contributed by atoms with Crippen LogP contribution in [0.1, 0.15) is 37.3 Å². The molecule has 2 atom stereocenters. The molecule has 0 aliphatic carbocycles. The molecule has 0 bridgehead atoms. The van der Waals surface area contributed by atoms with E-state index in [1.807, 2.05) is 30.1 Å². The lowest BCUT2D eigenvalue weighted by atomic mass is 10.1. The summed E-state index contributed by atoms with van der Waals surface area (Å²) < 4.78 is 13.2. The summed E-state index contributed by atoms with van der Waals surface area (Å²) in [5.74, 6) is 2.69. The molecule has 0 radical (unpaired) electrons. The Balaban J connectivity index is 1.73. The van der Waals surface area contributed by atoms with Gasteiger partial charge in [0.1, 0.15) is 19.0 Å². The van der Waals surface area contributed by atoms with Crippen LogP contribution in [-0.2, 0) is 7.05 Å². The van der Waals surface area contributed by atoms with Crippen LogP contribution in [0.4, 0.5) is 0 Å². The summed E-state index contributed by atoms with van der Waals surface area (Å²) in [6.07, 6.45) is 3.78. The fourth-order valence-corrected chi connectivity index (χ4v) is 2.67. The largest absolute Gasteiger partial charge is 0.486 e. The molecule has 1 aromatic carbocycles. The fourth-order valence-electron chi connectivity index (χ4n) is 2.67. The summed E-state index contributed by atoms with van der Waals surface area (Å²) in [6.45, 7) is 5.50. The quantitative estimate of drug-likeness (QED) is 0.939. The SMILES string of the molecule is CC(NC(C)c1nccn1C)c1ccc2c(c1)OCCO2. The molecule has 0 saturated heterocycles. The highest BCUT2D eigenvalue weighted by molar-refractivity contribution is 5.44. The number of fused-ring (bicyclic) bond motifs is 1. The summed E-state index contributed by atoms with van der Waals surface area (Å²) in [4.78, 5) is 4.39. The second-order valence-corrected chi connectivity index (χ2v) is 5.41. The first-order valence-electron chi connectivity index (χ1n) is 7.28. The van der Waals surface area contributed by atoms with Crippen LogP contribution in [0, 0.1) is 0 Å². The van der Waals surface area contributed by atoms with Gasteiger partial charge in [-0.3, -0.25) is 0 Å². The minimum Gasteiger partial charge on any atom is -0.486 e. The van der Waals surface area contributed by atoms with E-state index in [2.05, 4.69) is 36.3 Å². The minimum atomic E-state index is 0.174. The second kappa shape index (κ2) is 5.77. The zero-order chi connectivity index (χ0) is 14.8. The number of hydrogen-bond donors (Lipinski definition) is 1. The lowest BCUT2D eigenvalue weighted by molar-refractivity contribution is 0.171. The monoisotopic (exact) mass is 287 g/mol. The van der Waals surface area contributed by atoms with Crippen LogP contribution in [0.5, 0.6) is 11.5 Å². The van der Waals surface area contributed by atoms with Crippen molar-refractivity contribution in [2.75, 3.05) is 13.2 Å². The number of aryl methyl sites for hydroxylation is 1. The van der Waals surface area contributed by atoms with Gasteiger partial charge in [0.25, 0.3) is 0 Å². The summed E-state index contributed by atoms with van der Waals surface area (Å²) in [5, 5.41) is 3.57. The van der Waals surface area contributed by atoms with Gasteiger partial charge >= 0.3 is 0 Å². The molecule has 5 nitrogen and oxygen atoms in total. The molecule has 5 heteroatoms. The van der Waals surface area contributed by atoms with Crippen molar-refractivity contribution in [3.8, 4) is 11.5 Å². The molecule has 0 spiro atoms. The van der Waals surface area contributed by atoms with Crippen molar-refractivity contribution in [3.05, 3.63) is 42.0 Å². The van der Waals surface area contributed by atoms with Crippen LogP contribution >= 0.6 is 0 Å². The molecule has 0 fully saturated rings. The number of nitrogens with zero attached hydrogens (tertiary/aromatic N) is 2. The lowest BCUT2D eigenvalue weighted by Crippen LogP contribution is -2.25. The van der Waals surface area contributed by atoms with Crippen LogP contribution in [0.3, 0.4) is 0 Å². The molecule has 1 aliphatic heterocycles. The number of ether oxygens (including phenoxy) is 2. The van der Waals surface area contributed by atoms with Gasteiger partial charge in [-0.15, -0.1) is 0 Å². The Morgan fingerprint density at radius 1 is 1.14 bits per heavy atom. The van der Waals surface area contributed by atoms with Gasteiger partial charge in [0, 0.05) is 25.5 Å². The lowest BCUT2D eigenvalue weighted by Gasteiger charge is -2.23. The highest BCUT2D eigenvalue weighted by atomic mass is 16.6. The van der Waals surface area contributed by atoms with Crippen molar-refractivity contribution in [1.29, 1.82) is 0 Å². The van der Waals surface area contributed by atoms with Crippen molar-refractivity contribution < 1.29 is 9.47 Å². The molecule has 3 rings (SSSR count). The van der Waals surface area contributed by atoms with Gasteiger partial charge in [-0.25, -0.2) is 4.98 Å². The van der Waals surface area contributed by atoms with Crippen LogP contribution in [-0.4, -0.2) is 22.8 Å². The van der Waals surface area contributed by atoms with E-state index in [0.29, 0.717) is 13.2 Å². The highest BCUT2D eigenvalue weighted by Crippen LogP contribution is 2.33. The molecule has 2 unspecified atom stereocenters. The third kappa shape index (κ3) is 2.88.